The molecule has 3 N–H and O–H groups in total. The van der Waals surface area contributed by atoms with Crippen molar-refractivity contribution in [1.82, 2.24) is 5.32 Å². The Bertz CT molecular complexity index is 1110. The van der Waals surface area contributed by atoms with Gasteiger partial charge in [-0.1, -0.05) is 339 Å². The van der Waals surface area contributed by atoms with E-state index in [1.54, 1.807) is 0 Å². The lowest BCUT2D eigenvalue weighted by molar-refractivity contribution is -0.123. The largest absolute Gasteiger partial charge is 0.394 e. The van der Waals surface area contributed by atoms with Crippen molar-refractivity contribution in [3.63, 3.8) is 0 Å². The van der Waals surface area contributed by atoms with Gasteiger partial charge in [0.2, 0.25) is 5.91 Å². The molecule has 0 spiro atoms. The molecule has 2 atom stereocenters. The van der Waals surface area contributed by atoms with Crippen LogP contribution < -0.4 is 5.32 Å². The van der Waals surface area contributed by atoms with E-state index in [0.717, 1.165) is 51.4 Å². The highest BCUT2D eigenvalue weighted by Gasteiger charge is 2.20. The second kappa shape index (κ2) is 61.6. The Hall–Kier alpha value is -1.65. The van der Waals surface area contributed by atoms with Crippen LogP contribution in [0.1, 0.15) is 348 Å². The summed E-state index contributed by atoms with van der Waals surface area (Å²) in [4.78, 5) is 12.5. The zero-order valence-corrected chi connectivity index (χ0v) is 47.6. The first kappa shape index (κ1) is 68.4. The van der Waals surface area contributed by atoms with Crippen molar-refractivity contribution >= 4 is 5.91 Å². The van der Waals surface area contributed by atoms with E-state index in [4.69, 9.17) is 0 Å². The predicted octanol–water partition coefficient (Wildman–Crippen LogP) is 21.4. The van der Waals surface area contributed by atoms with Gasteiger partial charge in [-0.3, -0.25) is 4.79 Å². The van der Waals surface area contributed by atoms with Gasteiger partial charge in [-0.25, -0.2) is 0 Å². The molecule has 2 unspecified atom stereocenters. The molecular formula is C66H125NO3. The van der Waals surface area contributed by atoms with E-state index in [9.17, 15) is 15.0 Å². The van der Waals surface area contributed by atoms with Crippen LogP contribution in [0.3, 0.4) is 0 Å². The maximum atomic E-state index is 12.5. The molecule has 0 aromatic rings. The monoisotopic (exact) mass is 980 g/mol. The van der Waals surface area contributed by atoms with Crippen LogP contribution in [0, 0.1) is 0 Å². The lowest BCUT2D eigenvalue weighted by Gasteiger charge is -2.22. The molecular weight excluding hydrogens is 855 g/mol. The van der Waals surface area contributed by atoms with Gasteiger partial charge in [-0.15, -0.1) is 0 Å². The molecule has 4 heteroatoms. The topological polar surface area (TPSA) is 69.6 Å². The molecule has 0 rings (SSSR count). The minimum Gasteiger partial charge on any atom is -0.394 e. The van der Waals surface area contributed by atoms with Gasteiger partial charge in [-0.2, -0.15) is 0 Å². The summed E-state index contributed by atoms with van der Waals surface area (Å²) in [6.45, 7) is 4.28. The van der Waals surface area contributed by atoms with Crippen molar-refractivity contribution in [2.45, 2.75) is 360 Å². The van der Waals surface area contributed by atoms with Crippen LogP contribution in [0.5, 0.6) is 0 Å². The first-order chi connectivity index (χ1) is 34.7. The van der Waals surface area contributed by atoms with Crippen LogP contribution in [-0.4, -0.2) is 34.9 Å². The number of allylic oxidation sites excluding steroid dienone is 8. The lowest BCUT2D eigenvalue weighted by Crippen LogP contribution is -2.45. The van der Waals surface area contributed by atoms with E-state index in [1.165, 1.54) is 270 Å². The van der Waals surface area contributed by atoms with Gasteiger partial charge < -0.3 is 15.5 Å². The van der Waals surface area contributed by atoms with Crippen LogP contribution in [0.25, 0.3) is 0 Å². The number of aliphatic hydroxyl groups excluding tert-OH is 2. The molecule has 0 saturated heterocycles. The van der Waals surface area contributed by atoms with E-state index in [2.05, 4.69) is 67.8 Å². The molecule has 70 heavy (non-hydrogen) atoms. The zero-order valence-electron chi connectivity index (χ0n) is 47.6. The number of unbranched alkanes of at least 4 members (excludes halogenated alkanes) is 44. The van der Waals surface area contributed by atoms with Gasteiger partial charge in [0.25, 0.3) is 0 Å². The van der Waals surface area contributed by atoms with Gasteiger partial charge in [0.05, 0.1) is 18.8 Å². The molecule has 0 aliphatic rings. The number of nitrogens with one attached hydrogen (secondary N) is 1. The number of aliphatic hydroxyl groups is 2. The second-order valence-electron chi connectivity index (χ2n) is 21.8. The highest BCUT2D eigenvalue weighted by atomic mass is 16.3. The molecule has 0 heterocycles. The summed E-state index contributed by atoms with van der Waals surface area (Å²) in [5.74, 6) is -0.0240. The highest BCUT2D eigenvalue weighted by molar-refractivity contribution is 5.76. The average molecular weight is 981 g/mol. The van der Waals surface area contributed by atoms with E-state index in [0.29, 0.717) is 12.8 Å². The van der Waals surface area contributed by atoms with Crippen molar-refractivity contribution in [1.29, 1.82) is 0 Å². The van der Waals surface area contributed by atoms with E-state index >= 15 is 0 Å². The molecule has 0 fully saturated rings. The minimum atomic E-state index is -0.659. The fraction of sp³-hybridized carbons (Fsp3) is 0.864. The Morgan fingerprint density at radius 1 is 0.357 bits per heavy atom. The third kappa shape index (κ3) is 57.3. The molecule has 0 radical (unpaired) electrons. The first-order valence-electron chi connectivity index (χ1n) is 31.8. The minimum absolute atomic E-state index is 0.0240. The van der Waals surface area contributed by atoms with Crippen molar-refractivity contribution in [2.75, 3.05) is 6.61 Å². The highest BCUT2D eigenvalue weighted by Crippen LogP contribution is 2.19. The third-order valence-electron chi connectivity index (χ3n) is 14.9. The van der Waals surface area contributed by atoms with Crippen LogP contribution >= 0.6 is 0 Å². The smallest absolute Gasteiger partial charge is 0.220 e. The summed E-state index contributed by atoms with van der Waals surface area (Å²) in [5.41, 5.74) is 0. The molecule has 0 bridgehead atoms. The molecule has 412 valence electrons. The Balaban J connectivity index is 3.39. The lowest BCUT2D eigenvalue weighted by atomic mass is 10.0. The Labute approximate surface area is 439 Å². The second-order valence-corrected chi connectivity index (χ2v) is 21.8. The number of amides is 1. The number of hydrogen-bond acceptors (Lipinski definition) is 3. The third-order valence-corrected chi connectivity index (χ3v) is 14.9. The van der Waals surface area contributed by atoms with Crippen molar-refractivity contribution in [3.8, 4) is 0 Å². The molecule has 0 aliphatic heterocycles. The van der Waals surface area contributed by atoms with Crippen LogP contribution in [0.2, 0.25) is 0 Å². The van der Waals surface area contributed by atoms with Crippen molar-refractivity contribution in [3.05, 3.63) is 48.6 Å². The Kier molecular flexibility index (Phi) is 60.2. The quantitative estimate of drug-likeness (QED) is 0.0420. The first-order valence-corrected chi connectivity index (χ1v) is 31.8. The van der Waals surface area contributed by atoms with Crippen molar-refractivity contribution in [2.24, 2.45) is 0 Å². The van der Waals surface area contributed by atoms with E-state index in [-0.39, 0.29) is 12.5 Å². The number of rotatable bonds is 59. The molecule has 0 aliphatic carbocycles. The van der Waals surface area contributed by atoms with Gasteiger partial charge in [0, 0.05) is 6.42 Å². The fourth-order valence-corrected chi connectivity index (χ4v) is 10.1. The maximum Gasteiger partial charge on any atom is 0.220 e. The number of hydrogen-bond donors (Lipinski definition) is 3. The Morgan fingerprint density at radius 3 is 0.943 bits per heavy atom. The van der Waals surface area contributed by atoms with Gasteiger partial charge in [0.1, 0.15) is 0 Å². The summed E-state index contributed by atoms with van der Waals surface area (Å²) in [6.07, 6.45) is 85.7. The summed E-state index contributed by atoms with van der Waals surface area (Å²) in [7, 11) is 0. The van der Waals surface area contributed by atoms with Gasteiger partial charge in [0.15, 0.2) is 0 Å². The number of carbonyl (C=O) groups excluding carboxylic acids is 1. The van der Waals surface area contributed by atoms with Crippen molar-refractivity contribution < 1.29 is 15.0 Å². The SMILES string of the molecule is CC/C=C\C/C=C\C/C=C\C/C=C\CCCCCCCCCCCCCCCCCCCCCCCCCCC(=O)NC(CO)C(O)CCCCCCCCCCCCCCCCCCCCCCC. The number of carbonyl (C=O) groups is 1. The molecule has 4 nitrogen and oxygen atoms in total. The molecule has 0 aromatic heterocycles. The van der Waals surface area contributed by atoms with Crippen LogP contribution in [0.15, 0.2) is 48.6 Å². The summed E-state index contributed by atoms with van der Waals surface area (Å²) in [5, 5.41) is 23.4. The van der Waals surface area contributed by atoms with E-state index in [1.807, 2.05) is 0 Å². The normalized spacial score (nSPS) is 13.0. The Morgan fingerprint density at radius 2 is 0.629 bits per heavy atom. The molecule has 0 aromatic carbocycles. The van der Waals surface area contributed by atoms with Crippen LogP contribution in [0.4, 0.5) is 0 Å². The van der Waals surface area contributed by atoms with Crippen LogP contribution in [-0.2, 0) is 4.79 Å². The average Bonchev–Trinajstić information content (AvgIpc) is 3.36. The summed E-state index contributed by atoms with van der Waals surface area (Å²) in [6, 6.07) is -0.535. The summed E-state index contributed by atoms with van der Waals surface area (Å²) >= 11 is 0. The fourth-order valence-electron chi connectivity index (χ4n) is 10.1. The standard InChI is InChI=1S/C66H125NO3/c1-3-5-7-9-11-13-15-17-19-21-23-25-26-27-28-29-30-31-32-33-34-35-36-37-38-39-40-42-44-46-48-50-52-54-56-58-60-62-66(70)67-64(63-68)65(69)61-59-57-55-53-51-49-47-45-43-41-24-22-20-18-16-14-12-10-8-6-4-2/h5,7,11,13,17,19,23,25,64-65,68-69H,3-4,6,8-10,12,14-16,18,20-22,24,26-63H2,1-2H3,(H,67,70)/b7-5-,13-11-,19-17-,25-23-. The van der Waals surface area contributed by atoms with E-state index < -0.39 is 12.1 Å². The maximum absolute atomic E-state index is 12.5. The van der Waals surface area contributed by atoms with Gasteiger partial charge >= 0.3 is 0 Å². The molecule has 1 amide bonds. The molecule has 0 saturated carbocycles. The summed E-state index contributed by atoms with van der Waals surface area (Å²) < 4.78 is 0. The predicted molar refractivity (Wildman–Crippen MR) is 313 cm³/mol. The van der Waals surface area contributed by atoms with Gasteiger partial charge in [-0.05, 0) is 51.4 Å². The zero-order chi connectivity index (χ0) is 50.6.